The molecule has 124 valence electrons. The van der Waals surface area contributed by atoms with Crippen LogP contribution in [0.1, 0.15) is 33.6 Å². The summed E-state index contributed by atoms with van der Waals surface area (Å²) in [5, 5.41) is 3.33. The fraction of sp³-hybridized carbons (Fsp3) is 1.00. The van der Waals surface area contributed by atoms with E-state index in [-0.39, 0.29) is 12.2 Å². The molecule has 0 spiro atoms. The number of hydrogen-bond donors (Lipinski definition) is 1. The van der Waals surface area contributed by atoms with Crippen molar-refractivity contribution >= 4 is 10.2 Å². The lowest BCUT2D eigenvalue weighted by Gasteiger charge is -2.39. The number of piperidine rings is 1. The molecular weight excluding hydrogens is 290 g/mol. The Kier molecular flexibility index (Phi) is 6.02. The van der Waals surface area contributed by atoms with E-state index in [1.54, 1.807) is 8.61 Å². The van der Waals surface area contributed by atoms with Crippen molar-refractivity contribution in [1.82, 2.24) is 13.9 Å². The molecule has 0 aliphatic carbocycles. The van der Waals surface area contributed by atoms with Gasteiger partial charge in [0.15, 0.2) is 0 Å². The van der Waals surface area contributed by atoms with Crippen LogP contribution < -0.4 is 5.32 Å². The van der Waals surface area contributed by atoms with E-state index in [1.807, 2.05) is 13.8 Å². The predicted molar refractivity (Wildman–Crippen MR) is 83.3 cm³/mol. The van der Waals surface area contributed by atoms with Gasteiger partial charge in [0.2, 0.25) is 0 Å². The largest absolute Gasteiger partial charge is 0.373 e. The number of nitrogens with one attached hydrogen (secondary N) is 1. The normalized spacial score (nSPS) is 33.2. The van der Waals surface area contributed by atoms with Crippen molar-refractivity contribution in [2.75, 3.05) is 39.3 Å². The zero-order valence-electron chi connectivity index (χ0n) is 13.4. The molecule has 0 bridgehead atoms. The van der Waals surface area contributed by atoms with Gasteiger partial charge in [0, 0.05) is 26.2 Å². The minimum Gasteiger partial charge on any atom is -0.373 e. The van der Waals surface area contributed by atoms with E-state index >= 15 is 0 Å². The Morgan fingerprint density at radius 3 is 2.43 bits per heavy atom. The molecule has 0 aromatic rings. The fourth-order valence-corrected chi connectivity index (χ4v) is 5.12. The number of ether oxygens (including phenoxy) is 1. The lowest BCUT2D eigenvalue weighted by Crippen LogP contribution is -2.55. The van der Waals surface area contributed by atoms with Gasteiger partial charge >= 0.3 is 0 Å². The second-order valence-electron chi connectivity index (χ2n) is 6.26. The molecule has 6 nitrogen and oxygen atoms in total. The van der Waals surface area contributed by atoms with Gasteiger partial charge in [-0.2, -0.15) is 17.0 Å². The minimum atomic E-state index is -3.35. The van der Waals surface area contributed by atoms with Crippen LogP contribution in [0.3, 0.4) is 0 Å². The first-order valence-electron chi connectivity index (χ1n) is 8.04. The third-order valence-corrected chi connectivity index (χ3v) is 6.14. The molecule has 2 fully saturated rings. The Morgan fingerprint density at radius 1 is 1.14 bits per heavy atom. The molecule has 0 radical (unpaired) electrons. The van der Waals surface area contributed by atoms with Crippen molar-refractivity contribution < 1.29 is 13.2 Å². The molecule has 2 heterocycles. The maximum atomic E-state index is 12.8. The summed E-state index contributed by atoms with van der Waals surface area (Å²) in [4.78, 5) is 0. The Morgan fingerprint density at radius 2 is 1.81 bits per heavy atom. The summed E-state index contributed by atoms with van der Waals surface area (Å²) < 4.78 is 34.6. The summed E-state index contributed by atoms with van der Waals surface area (Å²) in [5.41, 5.74) is 0. The number of rotatable bonds is 5. The third-order valence-electron chi connectivity index (χ3n) is 4.20. The van der Waals surface area contributed by atoms with Crippen LogP contribution in [0.5, 0.6) is 0 Å². The van der Waals surface area contributed by atoms with E-state index in [0.29, 0.717) is 32.1 Å². The van der Waals surface area contributed by atoms with Crippen molar-refractivity contribution in [3.63, 3.8) is 0 Å². The Bertz CT molecular complexity index is 419. The summed E-state index contributed by atoms with van der Waals surface area (Å²) in [6.07, 6.45) is 1.98. The molecule has 1 N–H and O–H groups in total. The predicted octanol–water partition coefficient (Wildman–Crippen LogP) is 0.662. The van der Waals surface area contributed by atoms with Crippen LogP contribution >= 0.6 is 0 Å². The van der Waals surface area contributed by atoms with Crippen LogP contribution in [0.15, 0.2) is 0 Å². The van der Waals surface area contributed by atoms with Gasteiger partial charge in [-0.05, 0) is 45.7 Å². The fourth-order valence-electron chi connectivity index (χ4n) is 3.23. The van der Waals surface area contributed by atoms with Crippen LogP contribution in [0.4, 0.5) is 0 Å². The maximum Gasteiger partial charge on any atom is 0.282 e. The highest BCUT2D eigenvalue weighted by Crippen LogP contribution is 2.23. The van der Waals surface area contributed by atoms with Gasteiger partial charge in [-0.3, -0.25) is 0 Å². The first-order chi connectivity index (χ1) is 9.93. The molecule has 3 atom stereocenters. The lowest BCUT2D eigenvalue weighted by molar-refractivity contribution is -0.0457. The lowest BCUT2D eigenvalue weighted by atomic mass is 10.00. The van der Waals surface area contributed by atoms with Crippen LogP contribution in [0.2, 0.25) is 0 Å². The Hall–Kier alpha value is -0.210. The smallest absolute Gasteiger partial charge is 0.282 e. The first kappa shape index (κ1) is 17.1. The van der Waals surface area contributed by atoms with Crippen LogP contribution in [0, 0.1) is 5.92 Å². The highest BCUT2D eigenvalue weighted by Gasteiger charge is 2.37. The summed E-state index contributed by atoms with van der Waals surface area (Å²) in [5.74, 6) is 0.421. The van der Waals surface area contributed by atoms with Gasteiger partial charge in [0.05, 0.1) is 12.2 Å². The van der Waals surface area contributed by atoms with Gasteiger partial charge in [0.1, 0.15) is 0 Å². The molecule has 2 rings (SSSR count). The van der Waals surface area contributed by atoms with E-state index in [2.05, 4.69) is 12.2 Å². The zero-order chi connectivity index (χ0) is 15.5. The average molecular weight is 319 g/mol. The van der Waals surface area contributed by atoms with Crippen molar-refractivity contribution in [3.8, 4) is 0 Å². The van der Waals surface area contributed by atoms with Crippen LogP contribution in [-0.4, -0.2) is 68.5 Å². The molecule has 0 aromatic carbocycles. The van der Waals surface area contributed by atoms with E-state index in [0.717, 1.165) is 25.9 Å². The van der Waals surface area contributed by atoms with Gasteiger partial charge < -0.3 is 10.1 Å². The van der Waals surface area contributed by atoms with Gasteiger partial charge in [-0.1, -0.05) is 6.92 Å². The Balaban J connectivity index is 2.01. The monoisotopic (exact) mass is 319 g/mol. The van der Waals surface area contributed by atoms with Gasteiger partial charge in [-0.15, -0.1) is 0 Å². The number of morpholine rings is 1. The second kappa shape index (κ2) is 7.37. The van der Waals surface area contributed by atoms with Crippen molar-refractivity contribution in [2.24, 2.45) is 5.92 Å². The van der Waals surface area contributed by atoms with E-state index < -0.39 is 10.2 Å². The molecular formula is C14H29N3O3S. The molecule has 2 saturated heterocycles. The minimum absolute atomic E-state index is 0.0362. The van der Waals surface area contributed by atoms with Crippen LogP contribution in [0.25, 0.3) is 0 Å². The number of nitrogens with zero attached hydrogens (tertiary/aromatic N) is 2. The summed E-state index contributed by atoms with van der Waals surface area (Å²) in [6, 6.07) is 0. The van der Waals surface area contributed by atoms with E-state index in [4.69, 9.17) is 4.74 Å². The van der Waals surface area contributed by atoms with Crippen molar-refractivity contribution in [3.05, 3.63) is 0 Å². The van der Waals surface area contributed by atoms with Gasteiger partial charge in [-0.25, -0.2) is 0 Å². The molecule has 1 unspecified atom stereocenters. The van der Waals surface area contributed by atoms with E-state index in [9.17, 15) is 8.42 Å². The number of hydrogen-bond acceptors (Lipinski definition) is 4. The van der Waals surface area contributed by atoms with Gasteiger partial charge in [0.25, 0.3) is 10.2 Å². The molecule has 0 amide bonds. The first-order valence-corrected chi connectivity index (χ1v) is 9.44. The second-order valence-corrected chi connectivity index (χ2v) is 8.18. The molecule has 7 heteroatoms. The Labute approximate surface area is 129 Å². The topological polar surface area (TPSA) is 61.9 Å². The average Bonchev–Trinajstić information content (AvgIpc) is 2.44. The quantitative estimate of drug-likeness (QED) is 0.809. The van der Waals surface area contributed by atoms with Crippen molar-refractivity contribution in [1.29, 1.82) is 0 Å². The maximum absolute atomic E-state index is 12.8. The molecule has 21 heavy (non-hydrogen) atoms. The van der Waals surface area contributed by atoms with Crippen molar-refractivity contribution in [2.45, 2.75) is 45.8 Å². The molecule has 2 aliphatic rings. The zero-order valence-corrected chi connectivity index (χ0v) is 14.2. The molecule has 0 aromatic heterocycles. The summed E-state index contributed by atoms with van der Waals surface area (Å²) >= 11 is 0. The standard InChI is InChI=1S/C14H29N3O3S/c1-4-15-8-14-6-5-7-16(11-14)21(18,19)17-9-12(2)20-13(3)10-17/h12-15H,4-11H2,1-3H3/t12-,13+,14?. The molecule has 2 aliphatic heterocycles. The molecule has 0 saturated carbocycles. The summed E-state index contributed by atoms with van der Waals surface area (Å²) in [6.45, 7) is 9.97. The SMILES string of the molecule is CCNCC1CCCN(S(=O)(=O)N2C[C@@H](C)O[C@@H](C)C2)C1. The third kappa shape index (κ3) is 4.39. The highest BCUT2D eigenvalue weighted by atomic mass is 32.2. The van der Waals surface area contributed by atoms with E-state index in [1.165, 1.54) is 0 Å². The van der Waals surface area contributed by atoms with Crippen LogP contribution in [-0.2, 0) is 14.9 Å². The highest BCUT2D eigenvalue weighted by molar-refractivity contribution is 7.86. The summed E-state index contributed by atoms with van der Waals surface area (Å²) in [7, 11) is -3.35.